The van der Waals surface area contributed by atoms with Gasteiger partial charge in [-0.1, -0.05) is 30.3 Å². The summed E-state index contributed by atoms with van der Waals surface area (Å²) in [5.41, 5.74) is 5.52. The number of nitrogens with one attached hydrogen (secondary N) is 1. The molecule has 0 spiro atoms. The number of pyridine rings is 1. The first-order valence-corrected chi connectivity index (χ1v) is 7.77. The molecule has 0 unspecified atom stereocenters. The molecule has 1 aliphatic rings. The van der Waals surface area contributed by atoms with Gasteiger partial charge in [0.15, 0.2) is 0 Å². The molecule has 0 bridgehead atoms. The predicted molar refractivity (Wildman–Crippen MR) is 94.3 cm³/mol. The lowest BCUT2D eigenvalue weighted by molar-refractivity contribution is 0.363. The molecule has 1 N–H and O–H groups in total. The molecule has 4 rings (SSSR count). The maximum Gasteiger partial charge on any atom is 0.130 e. The first-order chi connectivity index (χ1) is 11.3. The highest BCUT2D eigenvalue weighted by molar-refractivity contribution is 5.99. The van der Waals surface area contributed by atoms with E-state index in [-0.39, 0.29) is 0 Å². The number of fused-ring (bicyclic) bond motifs is 2. The molecule has 0 radical (unpaired) electrons. The number of benzene rings is 2. The fourth-order valence-electron chi connectivity index (χ4n) is 3.31. The third kappa shape index (κ3) is 2.16. The zero-order valence-electron chi connectivity index (χ0n) is 13.3. The Kier molecular flexibility index (Phi) is 3.27. The fourth-order valence-corrected chi connectivity index (χ4v) is 3.31. The fraction of sp³-hybridized carbons (Fsp3) is 0.150. The normalized spacial score (nSPS) is 13.7. The second kappa shape index (κ2) is 5.43. The van der Waals surface area contributed by atoms with Crippen molar-refractivity contribution in [1.82, 2.24) is 10.3 Å². The zero-order chi connectivity index (χ0) is 15.8. The summed E-state index contributed by atoms with van der Waals surface area (Å²) in [6.07, 6.45) is 1.82. The van der Waals surface area contributed by atoms with E-state index in [1.165, 1.54) is 16.3 Å². The van der Waals surface area contributed by atoms with Crippen LogP contribution in [0.3, 0.4) is 0 Å². The van der Waals surface area contributed by atoms with Gasteiger partial charge in [0.25, 0.3) is 0 Å². The molecular formula is C20H18N2O. The summed E-state index contributed by atoms with van der Waals surface area (Å²) in [5.74, 6) is 0.935. The number of hydrogen-bond acceptors (Lipinski definition) is 3. The zero-order valence-corrected chi connectivity index (χ0v) is 13.3. The lowest BCUT2D eigenvalue weighted by Crippen LogP contribution is -2.19. The Balaban J connectivity index is 2.01. The summed E-state index contributed by atoms with van der Waals surface area (Å²) < 4.78 is 6.07. The van der Waals surface area contributed by atoms with Gasteiger partial charge in [0.1, 0.15) is 12.4 Å². The second-order valence-electron chi connectivity index (χ2n) is 5.70. The third-order valence-electron chi connectivity index (χ3n) is 4.42. The van der Waals surface area contributed by atoms with Gasteiger partial charge < -0.3 is 10.1 Å². The van der Waals surface area contributed by atoms with E-state index in [1.54, 1.807) is 0 Å². The van der Waals surface area contributed by atoms with Gasteiger partial charge in [-0.3, -0.25) is 4.98 Å². The topological polar surface area (TPSA) is 34.2 Å². The van der Waals surface area contributed by atoms with Gasteiger partial charge >= 0.3 is 0 Å². The average molecular weight is 302 g/mol. The van der Waals surface area contributed by atoms with Crippen LogP contribution in [0.5, 0.6) is 5.75 Å². The summed E-state index contributed by atoms with van der Waals surface area (Å²) in [4.78, 5) is 4.49. The first-order valence-electron chi connectivity index (χ1n) is 7.77. The van der Waals surface area contributed by atoms with Crippen LogP contribution in [-0.4, -0.2) is 18.6 Å². The Morgan fingerprint density at radius 3 is 2.70 bits per heavy atom. The largest absolute Gasteiger partial charge is 0.488 e. The van der Waals surface area contributed by atoms with Crippen molar-refractivity contribution in [2.45, 2.75) is 6.92 Å². The van der Waals surface area contributed by atoms with Gasteiger partial charge in [-0.2, -0.15) is 0 Å². The maximum absolute atomic E-state index is 6.07. The van der Waals surface area contributed by atoms with E-state index < -0.39 is 0 Å². The number of hydrogen-bond donors (Lipinski definition) is 1. The molecule has 3 heteroatoms. The molecule has 2 aromatic carbocycles. The van der Waals surface area contributed by atoms with E-state index in [9.17, 15) is 0 Å². The highest BCUT2D eigenvalue weighted by atomic mass is 16.5. The van der Waals surface area contributed by atoms with Gasteiger partial charge in [-0.05, 0) is 41.5 Å². The van der Waals surface area contributed by atoms with Crippen LogP contribution in [0.25, 0.3) is 22.0 Å². The third-order valence-corrected chi connectivity index (χ3v) is 4.42. The molecule has 0 saturated carbocycles. The molecule has 0 amide bonds. The van der Waals surface area contributed by atoms with Crippen molar-refractivity contribution in [3.63, 3.8) is 0 Å². The number of aromatic nitrogens is 1. The second-order valence-corrected chi connectivity index (χ2v) is 5.70. The van der Waals surface area contributed by atoms with Crippen LogP contribution in [0.15, 0.2) is 54.7 Å². The molecule has 1 aromatic heterocycles. The molecule has 0 saturated heterocycles. The van der Waals surface area contributed by atoms with Crippen molar-refractivity contribution in [1.29, 1.82) is 0 Å². The molecule has 1 aliphatic heterocycles. The van der Waals surface area contributed by atoms with Crippen molar-refractivity contribution >= 4 is 22.0 Å². The van der Waals surface area contributed by atoms with Gasteiger partial charge in [-0.15, -0.1) is 0 Å². The summed E-state index contributed by atoms with van der Waals surface area (Å²) in [5, 5.41) is 5.84. The minimum absolute atomic E-state index is 0.526. The van der Waals surface area contributed by atoms with Crippen LogP contribution in [0.2, 0.25) is 0 Å². The monoisotopic (exact) mass is 302 g/mol. The molecule has 23 heavy (non-hydrogen) atoms. The smallest absolute Gasteiger partial charge is 0.130 e. The Labute approximate surface area is 135 Å². The van der Waals surface area contributed by atoms with Crippen molar-refractivity contribution in [3.8, 4) is 5.75 Å². The molecule has 2 heterocycles. The summed E-state index contributed by atoms with van der Waals surface area (Å²) in [6.45, 7) is 2.68. The Hall–Kier alpha value is -2.81. The van der Waals surface area contributed by atoms with E-state index in [0.29, 0.717) is 6.61 Å². The lowest BCUT2D eigenvalue weighted by atomic mass is 9.92. The van der Waals surface area contributed by atoms with Crippen molar-refractivity contribution in [2.75, 3.05) is 13.7 Å². The van der Waals surface area contributed by atoms with Crippen LogP contribution < -0.4 is 10.1 Å². The molecule has 114 valence electrons. The Bertz CT molecular complexity index is 914. The highest BCUT2D eigenvalue weighted by Gasteiger charge is 2.24. The molecule has 0 aliphatic carbocycles. The van der Waals surface area contributed by atoms with Crippen LogP contribution in [0.4, 0.5) is 0 Å². The van der Waals surface area contributed by atoms with E-state index in [4.69, 9.17) is 4.74 Å². The lowest BCUT2D eigenvalue weighted by Gasteiger charge is -2.26. The molecule has 3 aromatic rings. The van der Waals surface area contributed by atoms with Crippen molar-refractivity contribution in [2.24, 2.45) is 0 Å². The summed E-state index contributed by atoms with van der Waals surface area (Å²) >= 11 is 0. The van der Waals surface area contributed by atoms with Crippen molar-refractivity contribution in [3.05, 3.63) is 71.5 Å². The van der Waals surface area contributed by atoms with Crippen LogP contribution >= 0.6 is 0 Å². The van der Waals surface area contributed by atoms with Crippen molar-refractivity contribution < 1.29 is 4.74 Å². The Morgan fingerprint density at radius 1 is 1.09 bits per heavy atom. The average Bonchev–Trinajstić information content (AvgIpc) is 2.61. The van der Waals surface area contributed by atoms with E-state index >= 15 is 0 Å². The van der Waals surface area contributed by atoms with Crippen LogP contribution in [-0.2, 0) is 0 Å². The van der Waals surface area contributed by atoms with E-state index in [2.05, 4.69) is 47.6 Å². The molecule has 0 fully saturated rings. The van der Waals surface area contributed by atoms with E-state index in [1.807, 2.05) is 31.4 Å². The number of aryl methyl sites for hydroxylation is 1. The van der Waals surface area contributed by atoms with Gasteiger partial charge in [0.05, 0.1) is 11.4 Å². The van der Waals surface area contributed by atoms with Gasteiger partial charge in [-0.25, -0.2) is 0 Å². The van der Waals surface area contributed by atoms with Crippen LogP contribution in [0, 0.1) is 6.92 Å². The maximum atomic E-state index is 6.07. The standard InChI is InChI=1S/C20H18N2O/c1-13-15-8-4-3-7-14(15)11-18-19(13)20(21-2)16(12-23-18)17-9-5-6-10-22-17/h3-11,21H,12H2,1-2H3. The predicted octanol–water partition coefficient (Wildman–Crippen LogP) is 4.02. The number of ether oxygens (including phenoxy) is 1. The summed E-state index contributed by atoms with van der Waals surface area (Å²) in [6, 6.07) is 16.5. The van der Waals surface area contributed by atoms with E-state index in [0.717, 1.165) is 28.3 Å². The first kappa shape index (κ1) is 13.8. The minimum atomic E-state index is 0.526. The number of rotatable bonds is 2. The minimum Gasteiger partial charge on any atom is -0.488 e. The molecule has 0 atom stereocenters. The van der Waals surface area contributed by atoms with Gasteiger partial charge in [0.2, 0.25) is 0 Å². The highest BCUT2D eigenvalue weighted by Crippen LogP contribution is 2.40. The van der Waals surface area contributed by atoms with Crippen LogP contribution in [0.1, 0.15) is 16.8 Å². The molecular weight excluding hydrogens is 284 g/mol. The SMILES string of the molecule is CNC1=C(c2ccccn2)COc2cc3ccccc3c(C)c21. The molecule has 3 nitrogen and oxygen atoms in total. The van der Waals surface area contributed by atoms with Gasteiger partial charge in [0, 0.05) is 24.4 Å². The Morgan fingerprint density at radius 2 is 1.91 bits per heavy atom. The quantitative estimate of drug-likeness (QED) is 0.776. The number of nitrogens with zero attached hydrogens (tertiary/aromatic N) is 1. The summed E-state index contributed by atoms with van der Waals surface area (Å²) in [7, 11) is 1.96.